The van der Waals surface area contributed by atoms with E-state index in [-0.39, 0.29) is 15.7 Å². The first-order valence-electron chi connectivity index (χ1n) is 9.22. The lowest BCUT2D eigenvalue weighted by atomic mass is 10.2. The number of rotatable bonds is 8. The molecule has 0 unspecified atom stereocenters. The number of carbonyl (C=O) groups is 1. The highest BCUT2D eigenvalue weighted by Gasteiger charge is 2.22. The van der Waals surface area contributed by atoms with E-state index in [1.165, 1.54) is 0 Å². The molecule has 6 nitrogen and oxygen atoms in total. The van der Waals surface area contributed by atoms with Gasteiger partial charge in [0, 0.05) is 0 Å². The smallest absolute Gasteiger partial charge is 0.245 e. The van der Waals surface area contributed by atoms with Crippen LogP contribution in [0.1, 0.15) is 5.56 Å². The Morgan fingerprint density at radius 1 is 0.935 bits per heavy atom. The molecular weight excluding hydrogens is 459 g/mol. The Bertz CT molecular complexity index is 1130. The minimum Gasteiger partial charge on any atom is -0.489 e. The summed E-state index contributed by atoms with van der Waals surface area (Å²) in [6, 6.07) is 20.9. The molecule has 0 aliphatic heterocycles. The van der Waals surface area contributed by atoms with Crippen LogP contribution < -0.4 is 14.4 Å². The van der Waals surface area contributed by atoms with Gasteiger partial charge in [0.05, 0.1) is 27.7 Å². The zero-order chi connectivity index (χ0) is 22.4. The number of hydrogen-bond acceptors (Lipinski definition) is 4. The van der Waals surface area contributed by atoms with Crippen LogP contribution in [0.15, 0.2) is 72.8 Å². The highest BCUT2D eigenvalue weighted by Crippen LogP contribution is 2.30. The van der Waals surface area contributed by atoms with Crippen LogP contribution in [0, 0.1) is 0 Å². The van der Waals surface area contributed by atoms with Gasteiger partial charge >= 0.3 is 0 Å². The van der Waals surface area contributed by atoms with Crippen molar-refractivity contribution in [3.8, 4) is 5.75 Å². The Hall–Kier alpha value is -2.74. The van der Waals surface area contributed by atoms with Gasteiger partial charge in [0.2, 0.25) is 15.9 Å². The maximum absolute atomic E-state index is 12.5. The summed E-state index contributed by atoms with van der Waals surface area (Å²) in [6.07, 6.45) is 1.03. The molecule has 0 atom stereocenters. The van der Waals surface area contributed by atoms with E-state index in [1.54, 1.807) is 42.5 Å². The zero-order valence-corrected chi connectivity index (χ0v) is 18.9. The molecule has 0 aliphatic carbocycles. The molecule has 0 aliphatic rings. The summed E-state index contributed by atoms with van der Waals surface area (Å²) in [4.78, 5) is 12.5. The van der Waals surface area contributed by atoms with E-state index in [9.17, 15) is 13.2 Å². The molecule has 0 fully saturated rings. The average Bonchev–Trinajstić information content (AvgIpc) is 2.74. The van der Waals surface area contributed by atoms with Crippen molar-refractivity contribution in [2.45, 2.75) is 6.61 Å². The number of benzene rings is 3. The van der Waals surface area contributed by atoms with E-state index in [0.29, 0.717) is 18.0 Å². The number of nitrogens with one attached hydrogen (secondary N) is 1. The second kappa shape index (κ2) is 10.0. The van der Waals surface area contributed by atoms with Crippen LogP contribution in [0.4, 0.5) is 11.4 Å². The third-order valence-corrected chi connectivity index (χ3v) is 6.06. The lowest BCUT2D eigenvalue weighted by molar-refractivity contribution is -0.114. The Balaban J connectivity index is 1.71. The molecule has 162 valence electrons. The minimum atomic E-state index is -3.73. The number of para-hydroxylation sites is 1. The second-order valence-electron chi connectivity index (χ2n) is 6.68. The van der Waals surface area contributed by atoms with Gasteiger partial charge in [0.1, 0.15) is 18.9 Å². The van der Waals surface area contributed by atoms with Gasteiger partial charge in [-0.25, -0.2) is 8.42 Å². The Labute approximate surface area is 191 Å². The van der Waals surface area contributed by atoms with Crippen LogP contribution >= 0.6 is 23.2 Å². The Kier molecular flexibility index (Phi) is 7.43. The molecule has 0 spiro atoms. The Morgan fingerprint density at radius 2 is 1.55 bits per heavy atom. The van der Waals surface area contributed by atoms with E-state index in [1.807, 2.05) is 30.3 Å². The van der Waals surface area contributed by atoms with Gasteiger partial charge in [0.15, 0.2) is 0 Å². The van der Waals surface area contributed by atoms with E-state index in [2.05, 4.69) is 5.32 Å². The molecule has 0 bridgehead atoms. The molecule has 9 heteroatoms. The first kappa shape index (κ1) is 22.9. The van der Waals surface area contributed by atoms with Gasteiger partial charge in [-0.2, -0.15) is 0 Å². The highest BCUT2D eigenvalue weighted by molar-refractivity contribution is 7.92. The van der Waals surface area contributed by atoms with E-state index in [4.69, 9.17) is 27.9 Å². The van der Waals surface area contributed by atoms with Gasteiger partial charge in [-0.05, 0) is 42.0 Å². The third-order valence-electron chi connectivity index (χ3n) is 4.29. The molecule has 1 amide bonds. The van der Waals surface area contributed by atoms with Crippen LogP contribution in [0.5, 0.6) is 5.75 Å². The second-order valence-corrected chi connectivity index (χ2v) is 9.40. The summed E-state index contributed by atoms with van der Waals surface area (Å²) in [5.41, 5.74) is 1.57. The zero-order valence-electron chi connectivity index (χ0n) is 16.6. The van der Waals surface area contributed by atoms with Gasteiger partial charge in [-0.3, -0.25) is 9.10 Å². The van der Waals surface area contributed by atoms with Crippen LogP contribution in [0.3, 0.4) is 0 Å². The average molecular weight is 479 g/mol. The molecule has 0 saturated heterocycles. The van der Waals surface area contributed by atoms with Crippen LogP contribution in [-0.4, -0.2) is 27.1 Å². The van der Waals surface area contributed by atoms with Crippen molar-refractivity contribution in [1.82, 2.24) is 0 Å². The summed E-state index contributed by atoms with van der Waals surface area (Å²) in [5.74, 6) is -0.00168. The first-order chi connectivity index (χ1) is 14.7. The summed E-state index contributed by atoms with van der Waals surface area (Å²) in [7, 11) is -3.73. The van der Waals surface area contributed by atoms with Gasteiger partial charge in [0.25, 0.3) is 0 Å². The monoisotopic (exact) mass is 478 g/mol. The molecule has 31 heavy (non-hydrogen) atoms. The topological polar surface area (TPSA) is 75.7 Å². The van der Waals surface area contributed by atoms with E-state index >= 15 is 0 Å². The van der Waals surface area contributed by atoms with Crippen LogP contribution in [-0.2, 0) is 21.4 Å². The summed E-state index contributed by atoms with van der Waals surface area (Å²) in [6.45, 7) is -0.0540. The van der Waals surface area contributed by atoms with Crippen LogP contribution in [0.25, 0.3) is 0 Å². The quantitative estimate of drug-likeness (QED) is 0.495. The number of anilines is 2. The normalized spacial score (nSPS) is 11.1. The first-order valence-corrected chi connectivity index (χ1v) is 11.8. The number of sulfonamides is 1. The maximum Gasteiger partial charge on any atom is 0.245 e. The fourth-order valence-electron chi connectivity index (χ4n) is 2.78. The number of carbonyl (C=O) groups excluding carboxylic acids is 1. The Morgan fingerprint density at radius 3 is 2.13 bits per heavy atom. The fourth-order valence-corrected chi connectivity index (χ4v) is 4.12. The SMILES string of the molecule is CS(=O)(=O)N(CC(=O)Nc1c(Cl)cccc1Cl)c1ccc(OCc2ccccc2)cc1. The summed E-state index contributed by atoms with van der Waals surface area (Å²) in [5, 5.41) is 3.08. The fraction of sp³-hybridized carbons (Fsp3) is 0.136. The van der Waals surface area contributed by atoms with Crippen molar-refractivity contribution in [1.29, 1.82) is 0 Å². The molecule has 0 saturated carbocycles. The van der Waals surface area contributed by atoms with Gasteiger partial charge in [-0.15, -0.1) is 0 Å². The minimum absolute atomic E-state index is 0.231. The van der Waals surface area contributed by atoms with Crippen LogP contribution in [0.2, 0.25) is 10.0 Å². The largest absolute Gasteiger partial charge is 0.489 e. The molecule has 0 heterocycles. The number of hydrogen-bond donors (Lipinski definition) is 1. The van der Waals surface area contributed by atoms with Gasteiger partial charge in [-0.1, -0.05) is 59.6 Å². The molecule has 0 radical (unpaired) electrons. The van der Waals surface area contributed by atoms with Crippen molar-refractivity contribution in [3.05, 3.63) is 88.4 Å². The summed E-state index contributed by atoms with van der Waals surface area (Å²) < 4.78 is 31.3. The molecular formula is C22H20Cl2N2O4S. The molecule has 3 rings (SSSR count). The van der Waals surface area contributed by atoms with Gasteiger partial charge < -0.3 is 10.1 Å². The predicted octanol–water partition coefficient (Wildman–Crippen LogP) is 4.98. The van der Waals surface area contributed by atoms with Crippen molar-refractivity contribution in [2.75, 3.05) is 22.4 Å². The maximum atomic E-state index is 12.5. The number of nitrogens with zero attached hydrogens (tertiary/aromatic N) is 1. The lowest BCUT2D eigenvalue weighted by Crippen LogP contribution is -2.37. The number of halogens is 2. The predicted molar refractivity (Wildman–Crippen MR) is 124 cm³/mol. The standard InChI is InChI=1S/C22H20Cl2N2O4S/c1-31(28,29)26(14-21(27)25-22-19(23)8-5-9-20(22)24)17-10-12-18(13-11-17)30-15-16-6-3-2-4-7-16/h2-13H,14-15H2,1H3,(H,25,27). The third kappa shape index (κ3) is 6.37. The highest BCUT2D eigenvalue weighted by atomic mass is 35.5. The summed E-state index contributed by atoms with van der Waals surface area (Å²) >= 11 is 12.1. The molecule has 0 aromatic heterocycles. The number of amides is 1. The van der Waals surface area contributed by atoms with Crippen molar-refractivity contribution in [2.24, 2.45) is 0 Å². The van der Waals surface area contributed by atoms with Crippen molar-refractivity contribution >= 4 is 50.5 Å². The molecule has 1 N–H and O–H groups in total. The lowest BCUT2D eigenvalue weighted by Gasteiger charge is -2.22. The van der Waals surface area contributed by atoms with E-state index in [0.717, 1.165) is 16.1 Å². The van der Waals surface area contributed by atoms with E-state index < -0.39 is 22.5 Å². The molecule has 3 aromatic carbocycles. The van der Waals surface area contributed by atoms with Crippen molar-refractivity contribution < 1.29 is 17.9 Å². The number of ether oxygens (including phenoxy) is 1. The molecule has 3 aromatic rings. The van der Waals surface area contributed by atoms with Crippen molar-refractivity contribution in [3.63, 3.8) is 0 Å².